The van der Waals surface area contributed by atoms with Crippen LogP contribution in [0.4, 0.5) is 0 Å². The van der Waals surface area contributed by atoms with Crippen LogP contribution in [0.15, 0.2) is 30.3 Å². The number of rotatable bonds is 7. The summed E-state index contributed by atoms with van der Waals surface area (Å²) in [5.41, 5.74) is 1.30. The summed E-state index contributed by atoms with van der Waals surface area (Å²) in [7, 11) is 0. The Morgan fingerprint density at radius 1 is 1.22 bits per heavy atom. The van der Waals surface area contributed by atoms with E-state index < -0.39 is 0 Å². The summed E-state index contributed by atoms with van der Waals surface area (Å²) >= 11 is 0. The van der Waals surface area contributed by atoms with Gasteiger partial charge in [-0.2, -0.15) is 0 Å². The normalized spacial score (nSPS) is 16.6. The van der Waals surface area contributed by atoms with Crippen molar-refractivity contribution in [3.63, 3.8) is 0 Å². The summed E-state index contributed by atoms with van der Waals surface area (Å²) in [5, 5.41) is 13.1. The minimum absolute atomic E-state index is 0.0259. The first-order valence-electron chi connectivity index (χ1n) is 6.91. The summed E-state index contributed by atoms with van der Waals surface area (Å²) in [4.78, 5) is 0. The number of hydrogen-bond donors (Lipinski definition) is 2. The van der Waals surface area contributed by atoms with Gasteiger partial charge in [-0.05, 0) is 17.9 Å². The molecule has 18 heavy (non-hydrogen) atoms. The number of hydrogen-bond acceptors (Lipinski definition) is 2. The molecule has 0 aliphatic carbocycles. The predicted octanol–water partition coefficient (Wildman–Crippen LogP) is 3.38. The van der Waals surface area contributed by atoms with E-state index in [1.807, 2.05) is 6.07 Å². The second-order valence-corrected chi connectivity index (χ2v) is 5.84. The average Bonchev–Trinajstić information content (AvgIpc) is 2.39. The number of aliphatic hydroxyl groups is 1. The van der Waals surface area contributed by atoms with E-state index in [0.29, 0.717) is 12.0 Å². The molecule has 0 fully saturated rings. The molecule has 2 heteroatoms. The molecule has 2 nitrogen and oxygen atoms in total. The predicted molar refractivity (Wildman–Crippen MR) is 77.5 cm³/mol. The Hall–Kier alpha value is -0.860. The third-order valence-corrected chi connectivity index (χ3v) is 3.81. The lowest BCUT2D eigenvalue weighted by atomic mass is 9.87. The topological polar surface area (TPSA) is 32.3 Å². The summed E-state index contributed by atoms with van der Waals surface area (Å²) in [6.45, 7) is 9.79. The first-order valence-corrected chi connectivity index (χ1v) is 6.91. The molecule has 0 radical (unpaired) electrons. The fraction of sp³-hybridized carbons (Fsp3) is 0.625. The molecule has 0 saturated heterocycles. The van der Waals surface area contributed by atoms with E-state index in [4.69, 9.17) is 0 Å². The van der Waals surface area contributed by atoms with Crippen LogP contribution in [0.25, 0.3) is 0 Å². The highest BCUT2D eigenvalue weighted by Crippen LogP contribution is 2.25. The lowest BCUT2D eigenvalue weighted by molar-refractivity contribution is 0.129. The van der Waals surface area contributed by atoms with E-state index in [1.165, 1.54) is 5.56 Å². The van der Waals surface area contributed by atoms with E-state index in [9.17, 15) is 5.11 Å². The fourth-order valence-electron chi connectivity index (χ4n) is 2.05. The van der Waals surface area contributed by atoms with Crippen LogP contribution >= 0.6 is 0 Å². The van der Waals surface area contributed by atoms with Crippen LogP contribution in [0.1, 0.15) is 45.7 Å². The molecule has 0 aliphatic rings. The van der Waals surface area contributed by atoms with Gasteiger partial charge in [0.25, 0.3) is 0 Å². The quantitative estimate of drug-likeness (QED) is 0.776. The molecule has 0 saturated carbocycles. The third kappa shape index (κ3) is 4.11. The monoisotopic (exact) mass is 249 g/mol. The highest BCUT2D eigenvalue weighted by Gasteiger charge is 2.24. The fourth-order valence-corrected chi connectivity index (χ4v) is 2.05. The van der Waals surface area contributed by atoms with E-state index in [-0.39, 0.29) is 12.0 Å². The van der Waals surface area contributed by atoms with E-state index in [0.717, 1.165) is 13.0 Å². The second-order valence-electron chi connectivity index (χ2n) is 5.84. The van der Waals surface area contributed by atoms with Crippen molar-refractivity contribution >= 4 is 0 Å². The molecule has 1 aromatic rings. The summed E-state index contributed by atoms with van der Waals surface area (Å²) in [6.07, 6.45) is 0.982. The van der Waals surface area contributed by atoms with Gasteiger partial charge in [0, 0.05) is 24.6 Å². The number of nitrogens with one attached hydrogen (secondary N) is 1. The van der Waals surface area contributed by atoms with Gasteiger partial charge in [0.15, 0.2) is 0 Å². The molecule has 1 rings (SSSR count). The van der Waals surface area contributed by atoms with Crippen LogP contribution in [0.2, 0.25) is 0 Å². The Labute approximate surface area is 111 Å². The summed E-state index contributed by atoms with van der Waals surface area (Å²) in [6, 6.07) is 10.9. The lowest BCUT2D eigenvalue weighted by Gasteiger charge is -2.31. The zero-order valence-electron chi connectivity index (χ0n) is 12.1. The Kier molecular flexibility index (Phi) is 5.83. The van der Waals surface area contributed by atoms with Crippen molar-refractivity contribution in [1.29, 1.82) is 0 Å². The van der Waals surface area contributed by atoms with Crippen molar-refractivity contribution in [2.75, 3.05) is 13.2 Å². The SMILES string of the molecule is CCC(C)(CO)CNC(c1ccccc1)C(C)C. The smallest absolute Gasteiger partial charge is 0.0496 e. The molecular formula is C16H27NO. The Morgan fingerprint density at radius 3 is 2.28 bits per heavy atom. The minimum Gasteiger partial charge on any atom is -0.396 e. The molecule has 1 aromatic carbocycles. The van der Waals surface area contributed by atoms with Crippen molar-refractivity contribution in [1.82, 2.24) is 5.32 Å². The largest absolute Gasteiger partial charge is 0.396 e. The van der Waals surface area contributed by atoms with Gasteiger partial charge in [0.1, 0.15) is 0 Å². The maximum Gasteiger partial charge on any atom is 0.0496 e. The number of aliphatic hydroxyl groups excluding tert-OH is 1. The van der Waals surface area contributed by atoms with Crippen LogP contribution in [-0.4, -0.2) is 18.3 Å². The highest BCUT2D eigenvalue weighted by molar-refractivity contribution is 5.19. The Bertz CT molecular complexity index is 330. The van der Waals surface area contributed by atoms with Crippen LogP contribution in [0.5, 0.6) is 0 Å². The van der Waals surface area contributed by atoms with Gasteiger partial charge in [0.2, 0.25) is 0 Å². The maximum atomic E-state index is 9.47. The van der Waals surface area contributed by atoms with Gasteiger partial charge < -0.3 is 10.4 Å². The van der Waals surface area contributed by atoms with Gasteiger partial charge in [-0.3, -0.25) is 0 Å². The zero-order chi connectivity index (χ0) is 13.6. The Morgan fingerprint density at radius 2 is 1.83 bits per heavy atom. The molecule has 0 aromatic heterocycles. The van der Waals surface area contributed by atoms with Crippen LogP contribution in [0, 0.1) is 11.3 Å². The Balaban J connectivity index is 2.71. The molecule has 2 atom stereocenters. The van der Waals surface area contributed by atoms with Gasteiger partial charge in [-0.15, -0.1) is 0 Å². The molecule has 0 aliphatic heterocycles. The van der Waals surface area contributed by atoms with Crippen molar-refractivity contribution in [2.45, 2.75) is 40.2 Å². The third-order valence-electron chi connectivity index (χ3n) is 3.81. The van der Waals surface area contributed by atoms with E-state index in [2.05, 4.69) is 57.3 Å². The summed E-state index contributed by atoms with van der Waals surface area (Å²) < 4.78 is 0. The van der Waals surface area contributed by atoms with Crippen molar-refractivity contribution in [3.8, 4) is 0 Å². The summed E-state index contributed by atoms with van der Waals surface area (Å²) in [5.74, 6) is 0.534. The molecule has 2 unspecified atom stereocenters. The molecule has 0 amide bonds. The van der Waals surface area contributed by atoms with Crippen LogP contribution < -0.4 is 5.32 Å². The zero-order valence-corrected chi connectivity index (χ0v) is 12.1. The van der Waals surface area contributed by atoms with Gasteiger partial charge in [0.05, 0.1) is 0 Å². The van der Waals surface area contributed by atoms with Gasteiger partial charge in [-0.1, -0.05) is 58.0 Å². The van der Waals surface area contributed by atoms with Crippen molar-refractivity contribution in [2.24, 2.45) is 11.3 Å². The molecule has 0 heterocycles. The molecule has 102 valence electrons. The lowest BCUT2D eigenvalue weighted by Crippen LogP contribution is -2.38. The molecule has 2 N–H and O–H groups in total. The first kappa shape index (κ1) is 15.2. The highest BCUT2D eigenvalue weighted by atomic mass is 16.3. The van der Waals surface area contributed by atoms with Crippen molar-refractivity contribution in [3.05, 3.63) is 35.9 Å². The molecule has 0 spiro atoms. The standard InChI is InChI=1S/C16H27NO/c1-5-16(4,12-18)11-17-15(13(2)3)14-9-7-6-8-10-14/h6-10,13,15,17-18H,5,11-12H2,1-4H3. The van der Waals surface area contributed by atoms with Crippen molar-refractivity contribution < 1.29 is 5.11 Å². The van der Waals surface area contributed by atoms with Crippen LogP contribution in [-0.2, 0) is 0 Å². The van der Waals surface area contributed by atoms with E-state index >= 15 is 0 Å². The maximum absolute atomic E-state index is 9.47. The first-order chi connectivity index (χ1) is 8.52. The number of benzene rings is 1. The minimum atomic E-state index is -0.0259. The van der Waals surface area contributed by atoms with E-state index in [1.54, 1.807) is 0 Å². The average molecular weight is 249 g/mol. The van der Waals surface area contributed by atoms with Crippen LogP contribution in [0.3, 0.4) is 0 Å². The molecule has 0 bridgehead atoms. The van der Waals surface area contributed by atoms with Gasteiger partial charge >= 0.3 is 0 Å². The van der Waals surface area contributed by atoms with Gasteiger partial charge in [-0.25, -0.2) is 0 Å². The second kappa shape index (κ2) is 6.91. The molecular weight excluding hydrogens is 222 g/mol.